The van der Waals surface area contributed by atoms with E-state index in [4.69, 9.17) is 5.11 Å². The molecule has 2 aromatic heterocycles. The zero-order chi connectivity index (χ0) is 13.0. The van der Waals surface area contributed by atoms with E-state index in [-0.39, 0.29) is 0 Å². The number of thiophene rings is 1. The zero-order valence-electron chi connectivity index (χ0n) is 9.74. The van der Waals surface area contributed by atoms with Crippen molar-refractivity contribution in [2.24, 2.45) is 7.05 Å². The van der Waals surface area contributed by atoms with Crippen molar-refractivity contribution in [3.63, 3.8) is 0 Å². The number of thioether (sulfide) groups is 1. The van der Waals surface area contributed by atoms with Gasteiger partial charge >= 0.3 is 5.97 Å². The molecule has 0 radical (unpaired) electrons. The predicted molar refractivity (Wildman–Crippen MR) is 73.8 cm³/mol. The summed E-state index contributed by atoms with van der Waals surface area (Å²) in [5.74, 6) is -0.0513. The van der Waals surface area contributed by atoms with Crippen molar-refractivity contribution < 1.29 is 9.90 Å². The highest BCUT2D eigenvalue weighted by molar-refractivity contribution is 7.98. The fraction of sp³-hybridized carbons (Fsp3) is 0.167. The number of rotatable bonds is 5. The number of hydrogen-bond donors (Lipinski definition) is 1. The summed E-state index contributed by atoms with van der Waals surface area (Å²) in [4.78, 5) is 12.7. The van der Waals surface area contributed by atoms with Crippen LogP contribution < -0.4 is 0 Å². The van der Waals surface area contributed by atoms with Crippen LogP contribution in [0, 0.1) is 0 Å². The molecule has 0 fully saturated rings. The minimum atomic E-state index is -0.924. The Labute approximate surface area is 113 Å². The van der Waals surface area contributed by atoms with E-state index in [1.165, 1.54) is 4.88 Å². The summed E-state index contributed by atoms with van der Waals surface area (Å²) < 4.78 is 1.78. The molecule has 0 aliphatic carbocycles. The molecule has 0 amide bonds. The summed E-state index contributed by atoms with van der Waals surface area (Å²) in [5, 5.41) is 14.6. The van der Waals surface area contributed by atoms with Crippen LogP contribution in [0.1, 0.15) is 10.4 Å². The van der Waals surface area contributed by atoms with Gasteiger partial charge in [0, 0.05) is 34.8 Å². The fourth-order valence-electron chi connectivity index (χ4n) is 1.36. The standard InChI is InChI=1S/C12H12N2O2S2/c1-14-6-11(5-13-14)18-8-10-4-9(7-17-10)2-3-12(15)16/h2-7H,8H2,1H3,(H,15,16). The van der Waals surface area contributed by atoms with Crippen molar-refractivity contribution in [1.82, 2.24) is 9.78 Å². The molecule has 0 atom stereocenters. The third kappa shape index (κ3) is 3.75. The number of carboxylic acid groups (broad SMARTS) is 1. The molecule has 0 bridgehead atoms. The van der Waals surface area contributed by atoms with Crippen LogP contribution in [0.5, 0.6) is 0 Å². The largest absolute Gasteiger partial charge is 0.478 e. The number of nitrogens with zero attached hydrogens (tertiary/aromatic N) is 2. The maximum atomic E-state index is 10.4. The van der Waals surface area contributed by atoms with E-state index in [9.17, 15) is 4.79 Å². The molecule has 2 heterocycles. The average Bonchev–Trinajstić information content (AvgIpc) is 2.93. The van der Waals surface area contributed by atoms with Crippen LogP contribution in [0.15, 0.2) is 34.8 Å². The van der Waals surface area contributed by atoms with E-state index < -0.39 is 5.97 Å². The summed E-state index contributed by atoms with van der Waals surface area (Å²) in [7, 11) is 1.89. The van der Waals surface area contributed by atoms with Gasteiger partial charge in [-0.2, -0.15) is 5.10 Å². The number of aromatic nitrogens is 2. The predicted octanol–water partition coefficient (Wildman–Crippen LogP) is 2.87. The van der Waals surface area contributed by atoms with Crippen molar-refractivity contribution in [3.05, 3.63) is 40.4 Å². The Morgan fingerprint density at radius 2 is 2.50 bits per heavy atom. The van der Waals surface area contributed by atoms with Crippen LogP contribution in [-0.4, -0.2) is 20.9 Å². The summed E-state index contributed by atoms with van der Waals surface area (Å²) in [5.41, 5.74) is 0.934. The lowest BCUT2D eigenvalue weighted by atomic mass is 10.3. The monoisotopic (exact) mass is 280 g/mol. The molecule has 2 aromatic rings. The summed E-state index contributed by atoms with van der Waals surface area (Å²) >= 11 is 3.35. The van der Waals surface area contributed by atoms with Gasteiger partial charge in [0.15, 0.2) is 0 Å². The van der Waals surface area contributed by atoms with Gasteiger partial charge in [-0.3, -0.25) is 4.68 Å². The van der Waals surface area contributed by atoms with E-state index in [1.807, 2.05) is 30.9 Å². The molecule has 94 valence electrons. The van der Waals surface area contributed by atoms with Crippen LogP contribution >= 0.6 is 23.1 Å². The van der Waals surface area contributed by atoms with Crippen molar-refractivity contribution in [2.75, 3.05) is 0 Å². The molecule has 6 heteroatoms. The first kappa shape index (κ1) is 12.9. The Morgan fingerprint density at radius 3 is 3.17 bits per heavy atom. The van der Waals surface area contributed by atoms with Crippen molar-refractivity contribution in [2.45, 2.75) is 10.6 Å². The van der Waals surface area contributed by atoms with Gasteiger partial charge in [-0.15, -0.1) is 23.1 Å². The van der Waals surface area contributed by atoms with Crippen molar-refractivity contribution in [1.29, 1.82) is 0 Å². The maximum absolute atomic E-state index is 10.4. The van der Waals surface area contributed by atoms with Gasteiger partial charge in [-0.05, 0) is 23.1 Å². The lowest BCUT2D eigenvalue weighted by molar-refractivity contribution is -0.131. The third-order valence-electron chi connectivity index (χ3n) is 2.15. The van der Waals surface area contributed by atoms with Gasteiger partial charge in [0.25, 0.3) is 0 Å². The second-order valence-electron chi connectivity index (χ2n) is 3.66. The molecule has 18 heavy (non-hydrogen) atoms. The van der Waals surface area contributed by atoms with Gasteiger partial charge in [0.05, 0.1) is 6.20 Å². The Balaban J connectivity index is 1.92. The SMILES string of the molecule is Cn1cc(SCc2cc(C=CC(=O)O)cs2)cn1. The van der Waals surface area contributed by atoms with E-state index in [2.05, 4.69) is 5.10 Å². The molecule has 1 N–H and O–H groups in total. The quantitative estimate of drug-likeness (QED) is 0.676. The average molecular weight is 280 g/mol. The molecule has 0 aliphatic rings. The molecular weight excluding hydrogens is 268 g/mol. The van der Waals surface area contributed by atoms with E-state index >= 15 is 0 Å². The minimum Gasteiger partial charge on any atom is -0.478 e. The molecular formula is C12H12N2O2S2. The third-order valence-corrected chi connectivity index (χ3v) is 4.29. The topological polar surface area (TPSA) is 55.1 Å². The van der Waals surface area contributed by atoms with Gasteiger partial charge in [-0.25, -0.2) is 4.79 Å². The van der Waals surface area contributed by atoms with Crippen molar-refractivity contribution >= 4 is 35.1 Å². The van der Waals surface area contributed by atoms with Gasteiger partial charge in [-0.1, -0.05) is 0 Å². The second-order valence-corrected chi connectivity index (χ2v) is 5.70. The second kappa shape index (κ2) is 5.88. The Morgan fingerprint density at radius 1 is 1.67 bits per heavy atom. The Hall–Kier alpha value is -1.53. The van der Waals surface area contributed by atoms with Crippen LogP contribution in [0.4, 0.5) is 0 Å². The molecule has 4 nitrogen and oxygen atoms in total. The van der Waals surface area contributed by atoms with Crippen LogP contribution in [0.25, 0.3) is 6.08 Å². The fourth-order valence-corrected chi connectivity index (χ4v) is 3.18. The molecule has 0 aliphatic heterocycles. The van der Waals surface area contributed by atoms with E-state index in [0.717, 1.165) is 22.3 Å². The summed E-state index contributed by atoms with van der Waals surface area (Å²) in [6.45, 7) is 0. The first-order valence-corrected chi connectivity index (χ1v) is 7.10. The number of carbonyl (C=O) groups is 1. The van der Waals surface area contributed by atoms with E-state index in [1.54, 1.807) is 33.9 Å². The first-order chi connectivity index (χ1) is 8.63. The molecule has 0 unspecified atom stereocenters. The van der Waals surface area contributed by atoms with Crippen LogP contribution in [0.3, 0.4) is 0 Å². The smallest absolute Gasteiger partial charge is 0.328 e. The Kier molecular flexibility index (Phi) is 4.22. The molecule has 0 aromatic carbocycles. The van der Waals surface area contributed by atoms with Gasteiger partial charge < -0.3 is 5.11 Å². The highest BCUT2D eigenvalue weighted by Crippen LogP contribution is 2.26. The number of carboxylic acids is 1. The summed E-state index contributed by atoms with van der Waals surface area (Å²) in [6.07, 6.45) is 6.57. The zero-order valence-corrected chi connectivity index (χ0v) is 11.4. The molecule has 2 rings (SSSR count). The van der Waals surface area contributed by atoms with Gasteiger partial charge in [0.1, 0.15) is 0 Å². The minimum absolute atomic E-state index is 0.872. The summed E-state index contributed by atoms with van der Waals surface area (Å²) in [6, 6.07) is 2.01. The van der Waals surface area contributed by atoms with Crippen LogP contribution in [-0.2, 0) is 17.6 Å². The van der Waals surface area contributed by atoms with E-state index in [0.29, 0.717) is 0 Å². The lowest BCUT2D eigenvalue weighted by Gasteiger charge is -1.93. The first-order valence-electron chi connectivity index (χ1n) is 5.23. The maximum Gasteiger partial charge on any atom is 0.328 e. The molecule has 0 spiro atoms. The highest BCUT2D eigenvalue weighted by atomic mass is 32.2. The lowest BCUT2D eigenvalue weighted by Crippen LogP contribution is -1.84. The normalized spacial score (nSPS) is 11.2. The van der Waals surface area contributed by atoms with Crippen molar-refractivity contribution in [3.8, 4) is 0 Å². The van der Waals surface area contributed by atoms with Crippen LogP contribution in [0.2, 0.25) is 0 Å². The van der Waals surface area contributed by atoms with Gasteiger partial charge in [0.2, 0.25) is 0 Å². The highest BCUT2D eigenvalue weighted by Gasteiger charge is 2.01. The molecule has 0 saturated heterocycles. The number of aryl methyl sites for hydroxylation is 1. The molecule has 0 saturated carbocycles. The Bertz CT molecular complexity index is 572. The number of aliphatic carboxylic acids is 1. The number of hydrogen-bond acceptors (Lipinski definition) is 4.